The maximum atomic E-state index is 13.6. The second kappa shape index (κ2) is 6.11. The van der Waals surface area contributed by atoms with Crippen LogP contribution in [0.25, 0.3) is 0 Å². The lowest BCUT2D eigenvalue weighted by Gasteiger charge is -2.06. The topological polar surface area (TPSA) is 93.2 Å². The number of nitro groups is 1. The molecule has 2 aromatic rings. The van der Waals surface area contributed by atoms with Crippen LogP contribution in [0.15, 0.2) is 30.6 Å². The van der Waals surface area contributed by atoms with Crippen molar-refractivity contribution >= 4 is 11.4 Å². The van der Waals surface area contributed by atoms with E-state index in [1.54, 1.807) is 12.4 Å². The number of halogens is 1. The Balaban J connectivity index is 2.12. The molecular weight excluding hydrogens is 267 g/mol. The summed E-state index contributed by atoms with van der Waals surface area (Å²) >= 11 is 0. The molecule has 1 aromatic heterocycles. The van der Waals surface area contributed by atoms with E-state index in [1.807, 2.05) is 0 Å². The van der Waals surface area contributed by atoms with Crippen LogP contribution in [0.1, 0.15) is 5.56 Å². The van der Waals surface area contributed by atoms with Crippen LogP contribution >= 0.6 is 0 Å². The minimum absolute atomic E-state index is 0.0344. The third-order valence-electron chi connectivity index (χ3n) is 2.67. The number of rotatable bonds is 6. The van der Waals surface area contributed by atoms with Gasteiger partial charge in [0.05, 0.1) is 24.3 Å². The molecular formula is C12H13FN4O3. The lowest BCUT2D eigenvalue weighted by molar-refractivity contribution is -0.384. The monoisotopic (exact) mass is 280 g/mol. The number of aromatic nitrogens is 2. The van der Waals surface area contributed by atoms with Crippen LogP contribution in [0.5, 0.6) is 0 Å². The second-order valence-corrected chi connectivity index (χ2v) is 4.08. The van der Waals surface area contributed by atoms with Gasteiger partial charge in [0.15, 0.2) is 5.82 Å². The number of anilines is 1. The first kappa shape index (κ1) is 13.9. The molecule has 0 bridgehead atoms. The van der Waals surface area contributed by atoms with Crippen molar-refractivity contribution in [3.63, 3.8) is 0 Å². The Morgan fingerprint density at radius 1 is 1.50 bits per heavy atom. The van der Waals surface area contributed by atoms with Crippen molar-refractivity contribution in [1.29, 1.82) is 0 Å². The molecule has 0 spiro atoms. The van der Waals surface area contributed by atoms with Crippen molar-refractivity contribution in [3.8, 4) is 0 Å². The quantitative estimate of drug-likeness (QED) is 0.618. The number of benzene rings is 1. The van der Waals surface area contributed by atoms with E-state index in [4.69, 9.17) is 5.11 Å². The minimum Gasteiger partial charge on any atom is -0.394 e. The zero-order valence-corrected chi connectivity index (χ0v) is 10.5. The van der Waals surface area contributed by atoms with Gasteiger partial charge in [-0.1, -0.05) is 6.07 Å². The molecule has 2 rings (SSSR count). The Hall–Kier alpha value is -2.48. The van der Waals surface area contributed by atoms with E-state index in [2.05, 4.69) is 10.4 Å². The van der Waals surface area contributed by atoms with Crippen molar-refractivity contribution in [2.45, 2.75) is 13.1 Å². The first-order valence-electron chi connectivity index (χ1n) is 5.91. The summed E-state index contributed by atoms with van der Waals surface area (Å²) in [5.41, 5.74) is 0.274. The fourth-order valence-electron chi connectivity index (χ4n) is 1.75. The number of nitro benzene ring substituents is 1. The fourth-order valence-corrected chi connectivity index (χ4v) is 1.75. The number of nitrogens with zero attached hydrogens (tertiary/aromatic N) is 3. The van der Waals surface area contributed by atoms with Gasteiger partial charge in [0, 0.05) is 24.4 Å². The molecule has 0 fully saturated rings. The Morgan fingerprint density at radius 2 is 2.30 bits per heavy atom. The molecule has 106 valence electrons. The van der Waals surface area contributed by atoms with E-state index in [0.717, 1.165) is 11.6 Å². The summed E-state index contributed by atoms with van der Waals surface area (Å²) in [5, 5.41) is 26.3. The fraction of sp³-hybridized carbons (Fsp3) is 0.250. The molecule has 0 aliphatic carbocycles. The molecule has 0 aliphatic heterocycles. The van der Waals surface area contributed by atoms with Crippen LogP contribution in [-0.4, -0.2) is 26.4 Å². The Labute approximate surface area is 113 Å². The lowest BCUT2D eigenvalue weighted by Crippen LogP contribution is -2.05. The van der Waals surface area contributed by atoms with Gasteiger partial charge in [-0.25, -0.2) is 4.39 Å². The lowest BCUT2D eigenvalue weighted by atomic mass is 10.2. The highest BCUT2D eigenvalue weighted by atomic mass is 19.1. The number of aliphatic hydroxyl groups excluding tert-OH is 1. The van der Waals surface area contributed by atoms with E-state index in [0.29, 0.717) is 6.54 Å². The van der Waals surface area contributed by atoms with E-state index < -0.39 is 10.7 Å². The van der Waals surface area contributed by atoms with Crippen LogP contribution in [0.3, 0.4) is 0 Å². The van der Waals surface area contributed by atoms with Gasteiger partial charge < -0.3 is 10.4 Å². The SMILES string of the molecule is O=[N+]([O-])c1cccc(F)c1NCc1cnn(CCO)c1. The summed E-state index contributed by atoms with van der Waals surface area (Å²) in [6.07, 6.45) is 3.23. The summed E-state index contributed by atoms with van der Waals surface area (Å²) < 4.78 is 15.2. The van der Waals surface area contributed by atoms with Crippen LogP contribution in [0.2, 0.25) is 0 Å². The van der Waals surface area contributed by atoms with Crippen LogP contribution in [-0.2, 0) is 13.1 Å². The number of nitrogens with one attached hydrogen (secondary N) is 1. The molecule has 7 nitrogen and oxygen atoms in total. The van der Waals surface area contributed by atoms with Crippen molar-refractivity contribution in [1.82, 2.24) is 9.78 Å². The highest BCUT2D eigenvalue weighted by Crippen LogP contribution is 2.27. The first-order valence-corrected chi connectivity index (χ1v) is 5.91. The second-order valence-electron chi connectivity index (χ2n) is 4.08. The third kappa shape index (κ3) is 3.09. The largest absolute Gasteiger partial charge is 0.394 e. The summed E-state index contributed by atoms with van der Waals surface area (Å²) in [7, 11) is 0. The molecule has 8 heteroatoms. The van der Waals surface area contributed by atoms with Gasteiger partial charge >= 0.3 is 0 Å². The van der Waals surface area contributed by atoms with Gasteiger partial charge in [0.25, 0.3) is 5.69 Å². The van der Waals surface area contributed by atoms with Gasteiger partial charge in [0.2, 0.25) is 0 Å². The predicted octanol–water partition coefficient (Wildman–Crippen LogP) is 1.53. The molecule has 20 heavy (non-hydrogen) atoms. The first-order chi connectivity index (χ1) is 9.61. The number of aliphatic hydroxyl groups is 1. The minimum atomic E-state index is -0.679. The smallest absolute Gasteiger partial charge is 0.295 e. The van der Waals surface area contributed by atoms with Gasteiger partial charge in [0.1, 0.15) is 5.69 Å². The van der Waals surface area contributed by atoms with Crippen molar-refractivity contribution in [3.05, 3.63) is 52.1 Å². The molecule has 0 saturated carbocycles. The van der Waals surface area contributed by atoms with Gasteiger partial charge in [-0.15, -0.1) is 0 Å². The van der Waals surface area contributed by atoms with Crippen molar-refractivity contribution in [2.75, 3.05) is 11.9 Å². The molecule has 2 N–H and O–H groups in total. The predicted molar refractivity (Wildman–Crippen MR) is 69.7 cm³/mol. The number of hydrogen-bond donors (Lipinski definition) is 2. The zero-order valence-electron chi connectivity index (χ0n) is 10.5. The average molecular weight is 280 g/mol. The molecule has 0 aliphatic rings. The molecule has 0 amide bonds. The molecule has 0 radical (unpaired) electrons. The molecule has 1 heterocycles. The number of para-hydroxylation sites is 1. The highest BCUT2D eigenvalue weighted by molar-refractivity contribution is 5.62. The summed E-state index contributed by atoms with van der Waals surface area (Å²) in [6.45, 7) is 0.528. The van der Waals surface area contributed by atoms with E-state index in [9.17, 15) is 14.5 Å². The maximum Gasteiger partial charge on any atom is 0.295 e. The molecule has 0 saturated heterocycles. The van der Waals surface area contributed by atoms with Gasteiger partial charge in [-0.2, -0.15) is 5.10 Å². The van der Waals surface area contributed by atoms with Crippen molar-refractivity contribution in [2.24, 2.45) is 0 Å². The standard InChI is InChI=1S/C12H13FN4O3/c13-10-2-1-3-11(17(19)20)12(10)14-6-9-7-15-16(8-9)4-5-18/h1-3,7-8,14,18H,4-6H2. The van der Waals surface area contributed by atoms with Crippen molar-refractivity contribution < 1.29 is 14.4 Å². The molecule has 0 unspecified atom stereocenters. The van der Waals surface area contributed by atoms with E-state index in [-0.39, 0.29) is 24.5 Å². The van der Waals surface area contributed by atoms with Gasteiger partial charge in [-0.05, 0) is 6.07 Å². The van der Waals surface area contributed by atoms with Crippen LogP contribution in [0.4, 0.5) is 15.8 Å². The van der Waals surface area contributed by atoms with E-state index >= 15 is 0 Å². The average Bonchev–Trinajstić information content (AvgIpc) is 2.85. The summed E-state index contributed by atoms with van der Waals surface area (Å²) in [4.78, 5) is 10.2. The number of hydrogen-bond acceptors (Lipinski definition) is 5. The van der Waals surface area contributed by atoms with Crippen LogP contribution < -0.4 is 5.32 Å². The van der Waals surface area contributed by atoms with Gasteiger partial charge in [-0.3, -0.25) is 14.8 Å². The molecule has 1 aromatic carbocycles. The summed E-state index contributed by atoms with van der Waals surface area (Å²) in [5.74, 6) is -0.679. The Kier molecular flexibility index (Phi) is 4.26. The van der Waals surface area contributed by atoms with E-state index in [1.165, 1.54) is 16.8 Å². The zero-order chi connectivity index (χ0) is 14.5. The molecule has 0 atom stereocenters. The highest BCUT2D eigenvalue weighted by Gasteiger charge is 2.17. The third-order valence-corrected chi connectivity index (χ3v) is 2.67. The summed E-state index contributed by atoms with van der Waals surface area (Å²) in [6, 6.07) is 3.68. The normalized spacial score (nSPS) is 10.5. The van der Waals surface area contributed by atoms with Crippen LogP contribution in [0, 0.1) is 15.9 Å². The Bertz CT molecular complexity index is 614. The Morgan fingerprint density at radius 3 is 3.00 bits per heavy atom. The maximum absolute atomic E-state index is 13.6.